The van der Waals surface area contributed by atoms with Crippen molar-refractivity contribution >= 4 is 22.0 Å². The number of fused-ring (bicyclic) bond motifs is 1. The molecule has 1 unspecified atom stereocenters. The quantitative estimate of drug-likeness (QED) is 0.818. The number of nitrogens with zero attached hydrogens (tertiary/aromatic N) is 3. The van der Waals surface area contributed by atoms with E-state index in [2.05, 4.69) is 15.9 Å². The van der Waals surface area contributed by atoms with Gasteiger partial charge in [0.2, 0.25) is 0 Å². The minimum absolute atomic E-state index is 0.626. The van der Waals surface area contributed by atoms with Crippen LogP contribution in [0.4, 0.5) is 10.7 Å². The van der Waals surface area contributed by atoms with Gasteiger partial charge in [-0.05, 0) is 25.5 Å². The minimum atomic E-state index is 0.626. The fraction of sp³-hybridized carbons (Fsp3) is 0.583. The van der Waals surface area contributed by atoms with Gasteiger partial charge in [0, 0.05) is 25.7 Å². The van der Waals surface area contributed by atoms with Crippen LogP contribution in [-0.2, 0) is 0 Å². The maximum Gasteiger partial charge on any atom is 0.129 e. The lowest BCUT2D eigenvalue weighted by Crippen LogP contribution is -2.49. The molecule has 0 bridgehead atoms. The van der Waals surface area contributed by atoms with E-state index in [1.807, 2.05) is 6.07 Å². The van der Waals surface area contributed by atoms with E-state index in [-0.39, 0.29) is 0 Å². The maximum atomic E-state index is 8.93. The van der Waals surface area contributed by atoms with Crippen molar-refractivity contribution in [2.45, 2.75) is 18.9 Å². The number of thiophene rings is 1. The van der Waals surface area contributed by atoms with E-state index >= 15 is 0 Å². The molecule has 2 fully saturated rings. The Morgan fingerprint density at radius 1 is 1.41 bits per heavy atom. The van der Waals surface area contributed by atoms with Crippen LogP contribution in [0.5, 0.6) is 0 Å². The van der Waals surface area contributed by atoms with Crippen molar-refractivity contribution in [3.05, 3.63) is 10.9 Å². The predicted octanol–water partition coefficient (Wildman–Crippen LogP) is 1.49. The predicted molar refractivity (Wildman–Crippen MR) is 70.3 cm³/mol. The standard InChI is InChI=1S/C12H16N4S/c13-7-11-10(14)6-12(17-11)16-5-4-15-3-1-2-9(15)8-16/h6,9H,1-5,8,14H2. The number of rotatable bonds is 1. The molecule has 2 aliphatic rings. The first-order chi connectivity index (χ1) is 8.28. The zero-order valence-corrected chi connectivity index (χ0v) is 10.5. The number of nitriles is 1. The molecule has 0 aromatic carbocycles. The summed E-state index contributed by atoms with van der Waals surface area (Å²) >= 11 is 1.52. The molecule has 2 N–H and O–H groups in total. The fourth-order valence-corrected chi connectivity index (χ4v) is 3.74. The van der Waals surface area contributed by atoms with Crippen molar-refractivity contribution in [3.8, 4) is 6.07 Å². The Morgan fingerprint density at radius 2 is 2.29 bits per heavy atom. The van der Waals surface area contributed by atoms with Crippen molar-refractivity contribution in [2.24, 2.45) is 0 Å². The summed E-state index contributed by atoms with van der Waals surface area (Å²) < 4.78 is 0. The zero-order valence-electron chi connectivity index (χ0n) is 9.72. The lowest BCUT2D eigenvalue weighted by atomic mass is 10.1. The maximum absolute atomic E-state index is 8.93. The van der Waals surface area contributed by atoms with Gasteiger partial charge in [0.05, 0.1) is 10.7 Å². The third kappa shape index (κ3) is 1.88. The van der Waals surface area contributed by atoms with Crippen LogP contribution >= 0.6 is 11.3 Å². The highest BCUT2D eigenvalue weighted by molar-refractivity contribution is 7.17. The summed E-state index contributed by atoms with van der Waals surface area (Å²) in [5.74, 6) is 0. The lowest BCUT2D eigenvalue weighted by molar-refractivity contribution is 0.231. The first-order valence-electron chi connectivity index (χ1n) is 6.06. The van der Waals surface area contributed by atoms with Crippen molar-refractivity contribution in [1.82, 2.24) is 4.90 Å². The highest BCUT2D eigenvalue weighted by Gasteiger charge is 2.31. The fourth-order valence-electron chi connectivity index (χ4n) is 2.83. The van der Waals surface area contributed by atoms with Crippen molar-refractivity contribution in [3.63, 3.8) is 0 Å². The summed E-state index contributed by atoms with van der Waals surface area (Å²) in [6, 6.07) is 4.82. The van der Waals surface area contributed by atoms with Gasteiger partial charge in [-0.1, -0.05) is 0 Å². The summed E-state index contributed by atoms with van der Waals surface area (Å²) in [7, 11) is 0. The number of nitrogens with two attached hydrogens (primary N) is 1. The van der Waals surface area contributed by atoms with Gasteiger partial charge in [-0.15, -0.1) is 11.3 Å². The number of hydrogen-bond donors (Lipinski definition) is 1. The van der Waals surface area contributed by atoms with E-state index < -0.39 is 0 Å². The van der Waals surface area contributed by atoms with Gasteiger partial charge in [-0.3, -0.25) is 4.90 Å². The van der Waals surface area contributed by atoms with Gasteiger partial charge in [0.25, 0.3) is 0 Å². The Balaban J connectivity index is 1.78. The van der Waals surface area contributed by atoms with Gasteiger partial charge < -0.3 is 10.6 Å². The van der Waals surface area contributed by atoms with Crippen molar-refractivity contribution in [2.75, 3.05) is 36.8 Å². The van der Waals surface area contributed by atoms with E-state index in [9.17, 15) is 0 Å². The molecule has 5 heteroatoms. The summed E-state index contributed by atoms with van der Waals surface area (Å²) in [5.41, 5.74) is 6.44. The van der Waals surface area contributed by atoms with Crippen LogP contribution < -0.4 is 10.6 Å². The molecule has 0 radical (unpaired) electrons. The smallest absolute Gasteiger partial charge is 0.129 e. The Morgan fingerprint density at radius 3 is 3.06 bits per heavy atom. The molecule has 0 aliphatic carbocycles. The molecule has 17 heavy (non-hydrogen) atoms. The summed E-state index contributed by atoms with van der Waals surface area (Å²) in [5, 5.41) is 10.1. The van der Waals surface area contributed by atoms with Crippen molar-refractivity contribution < 1.29 is 0 Å². The molecular formula is C12H16N4S. The van der Waals surface area contributed by atoms with E-state index in [1.165, 1.54) is 30.7 Å². The highest BCUT2D eigenvalue weighted by Crippen LogP contribution is 2.34. The van der Waals surface area contributed by atoms with Gasteiger partial charge in [0.1, 0.15) is 10.9 Å². The molecule has 0 saturated carbocycles. The molecular weight excluding hydrogens is 232 g/mol. The molecule has 1 aromatic heterocycles. The molecule has 2 saturated heterocycles. The van der Waals surface area contributed by atoms with Gasteiger partial charge in [-0.25, -0.2) is 0 Å². The molecule has 0 amide bonds. The molecule has 3 heterocycles. The second kappa shape index (κ2) is 4.21. The number of anilines is 2. The largest absolute Gasteiger partial charge is 0.397 e. The van der Waals surface area contributed by atoms with E-state index in [0.29, 0.717) is 16.6 Å². The Labute approximate surface area is 105 Å². The van der Waals surface area contributed by atoms with Gasteiger partial charge >= 0.3 is 0 Å². The van der Waals surface area contributed by atoms with Crippen LogP contribution in [-0.4, -0.2) is 37.1 Å². The first kappa shape index (κ1) is 10.9. The van der Waals surface area contributed by atoms with Crippen LogP contribution in [0.2, 0.25) is 0 Å². The average molecular weight is 248 g/mol. The normalized spacial score (nSPS) is 24.6. The molecule has 2 aliphatic heterocycles. The molecule has 0 spiro atoms. The topological polar surface area (TPSA) is 56.3 Å². The Bertz CT molecular complexity index is 462. The monoisotopic (exact) mass is 248 g/mol. The SMILES string of the molecule is N#Cc1sc(N2CCN3CCCC3C2)cc1N. The van der Waals surface area contributed by atoms with E-state index in [1.54, 1.807) is 0 Å². The average Bonchev–Trinajstić information content (AvgIpc) is 2.93. The van der Waals surface area contributed by atoms with Gasteiger partial charge in [-0.2, -0.15) is 5.26 Å². The molecule has 4 nitrogen and oxygen atoms in total. The van der Waals surface area contributed by atoms with Crippen LogP contribution in [0.15, 0.2) is 6.07 Å². The van der Waals surface area contributed by atoms with Crippen LogP contribution in [0.3, 0.4) is 0 Å². The van der Waals surface area contributed by atoms with Gasteiger partial charge in [0.15, 0.2) is 0 Å². The van der Waals surface area contributed by atoms with Crippen LogP contribution in [0.25, 0.3) is 0 Å². The lowest BCUT2D eigenvalue weighted by Gasteiger charge is -2.38. The second-order valence-corrected chi connectivity index (χ2v) is 5.79. The molecule has 1 atom stereocenters. The second-order valence-electron chi connectivity index (χ2n) is 4.76. The summed E-state index contributed by atoms with van der Waals surface area (Å²) in [4.78, 5) is 5.61. The third-order valence-corrected chi connectivity index (χ3v) is 4.86. The van der Waals surface area contributed by atoms with Crippen LogP contribution in [0, 0.1) is 11.3 Å². The van der Waals surface area contributed by atoms with E-state index in [0.717, 1.165) is 24.6 Å². The number of hydrogen-bond acceptors (Lipinski definition) is 5. The third-order valence-electron chi connectivity index (χ3n) is 3.75. The molecule has 1 aromatic rings. The first-order valence-corrected chi connectivity index (χ1v) is 6.88. The number of nitrogen functional groups attached to an aromatic ring is 1. The zero-order chi connectivity index (χ0) is 11.8. The van der Waals surface area contributed by atoms with Crippen molar-refractivity contribution in [1.29, 1.82) is 5.26 Å². The Hall–Kier alpha value is -1.25. The summed E-state index contributed by atoms with van der Waals surface area (Å²) in [6.07, 6.45) is 2.64. The Kier molecular flexibility index (Phi) is 2.69. The summed E-state index contributed by atoms with van der Waals surface area (Å²) in [6.45, 7) is 4.55. The highest BCUT2D eigenvalue weighted by atomic mass is 32.1. The molecule has 90 valence electrons. The minimum Gasteiger partial charge on any atom is -0.397 e. The number of piperazine rings is 1. The molecule has 3 rings (SSSR count). The van der Waals surface area contributed by atoms with Crippen LogP contribution in [0.1, 0.15) is 17.7 Å². The van der Waals surface area contributed by atoms with E-state index in [4.69, 9.17) is 11.0 Å².